The zero-order valence-electron chi connectivity index (χ0n) is 9.37. The van der Waals surface area contributed by atoms with Crippen LogP contribution in [0, 0.1) is 0 Å². The monoisotopic (exact) mass is 219 g/mol. The Morgan fingerprint density at radius 2 is 2.00 bits per heavy atom. The molecule has 0 radical (unpaired) electrons. The second-order valence-corrected chi connectivity index (χ2v) is 4.31. The third-order valence-electron chi connectivity index (χ3n) is 3.20. The van der Waals surface area contributed by atoms with E-state index in [4.69, 9.17) is 0 Å². The number of nitrogens with zero attached hydrogens (tertiary/aromatic N) is 3. The maximum absolute atomic E-state index is 4.68. The zero-order chi connectivity index (χ0) is 10.8. The number of fused-ring (bicyclic) bond motifs is 1. The molecule has 0 amide bonds. The van der Waals surface area contributed by atoms with Crippen molar-refractivity contribution in [2.24, 2.45) is 0 Å². The molecule has 16 heavy (non-hydrogen) atoms. The maximum atomic E-state index is 4.68. The molecule has 1 fully saturated rings. The molecule has 0 bridgehead atoms. The number of nitrogens with one attached hydrogen (secondary N) is 2. The molecule has 1 saturated heterocycles. The number of anilines is 1. The average molecular weight is 219 g/mol. The predicted molar refractivity (Wildman–Crippen MR) is 62.5 cm³/mol. The quantitative estimate of drug-likeness (QED) is 0.669. The lowest BCUT2D eigenvalue weighted by Crippen LogP contribution is -2.44. The molecule has 0 atom stereocenters. The fourth-order valence-corrected chi connectivity index (χ4v) is 2.24. The smallest absolute Gasteiger partial charge is 0.225 e. The van der Waals surface area contributed by atoms with Crippen LogP contribution in [0.1, 0.15) is 11.3 Å². The number of hydrogen-bond donors (Lipinski definition) is 2. The van der Waals surface area contributed by atoms with Crippen LogP contribution in [-0.2, 0) is 13.0 Å². The molecule has 0 saturated carbocycles. The number of rotatable bonds is 1. The highest BCUT2D eigenvalue weighted by molar-refractivity contribution is 5.34. The first-order chi connectivity index (χ1) is 7.93. The molecular weight excluding hydrogens is 202 g/mol. The maximum Gasteiger partial charge on any atom is 0.225 e. The fourth-order valence-electron chi connectivity index (χ4n) is 2.24. The molecule has 1 aromatic heterocycles. The molecule has 0 aromatic carbocycles. The Morgan fingerprint density at radius 3 is 2.88 bits per heavy atom. The highest BCUT2D eigenvalue weighted by Gasteiger charge is 2.16. The van der Waals surface area contributed by atoms with Gasteiger partial charge in [-0.05, 0) is 0 Å². The molecule has 3 rings (SSSR count). The lowest BCUT2D eigenvalue weighted by atomic mass is 10.1. The van der Waals surface area contributed by atoms with Crippen molar-refractivity contribution >= 4 is 5.95 Å². The summed E-state index contributed by atoms with van der Waals surface area (Å²) in [6.07, 6.45) is 3.00. The van der Waals surface area contributed by atoms with E-state index in [0.29, 0.717) is 0 Å². The van der Waals surface area contributed by atoms with E-state index in [1.54, 1.807) is 0 Å². The first-order valence-corrected chi connectivity index (χ1v) is 5.95. The van der Waals surface area contributed by atoms with Crippen molar-refractivity contribution in [2.75, 3.05) is 37.6 Å². The van der Waals surface area contributed by atoms with Crippen molar-refractivity contribution in [2.45, 2.75) is 13.0 Å². The van der Waals surface area contributed by atoms with Crippen LogP contribution in [0.15, 0.2) is 6.20 Å². The molecule has 1 aromatic rings. The Bertz CT molecular complexity index is 373. The summed E-state index contributed by atoms with van der Waals surface area (Å²) in [5, 5.41) is 6.68. The lowest BCUT2D eigenvalue weighted by molar-refractivity contribution is 0.573. The molecule has 5 nitrogen and oxygen atoms in total. The van der Waals surface area contributed by atoms with Crippen molar-refractivity contribution < 1.29 is 0 Å². The van der Waals surface area contributed by atoms with E-state index >= 15 is 0 Å². The summed E-state index contributed by atoms with van der Waals surface area (Å²) in [6, 6.07) is 0. The molecule has 0 spiro atoms. The van der Waals surface area contributed by atoms with Gasteiger partial charge in [0.2, 0.25) is 5.95 Å². The minimum Gasteiger partial charge on any atom is -0.338 e. The van der Waals surface area contributed by atoms with Gasteiger partial charge in [0.15, 0.2) is 0 Å². The van der Waals surface area contributed by atoms with Crippen molar-refractivity contribution in [1.29, 1.82) is 0 Å². The van der Waals surface area contributed by atoms with E-state index in [1.165, 1.54) is 11.3 Å². The van der Waals surface area contributed by atoms with Gasteiger partial charge in [0.25, 0.3) is 0 Å². The summed E-state index contributed by atoms with van der Waals surface area (Å²) in [4.78, 5) is 11.4. The van der Waals surface area contributed by atoms with Gasteiger partial charge in [-0.15, -0.1) is 0 Å². The Hall–Kier alpha value is -1.20. The third kappa shape index (κ3) is 1.88. The van der Waals surface area contributed by atoms with Gasteiger partial charge in [0.05, 0.1) is 5.69 Å². The summed E-state index contributed by atoms with van der Waals surface area (Å²) in [6.45, 7) is 6.03. The van der Waals surface area contributed by atoms with E-state index in [2.05, 4.69) is 25.5 Å². The van der Waals surface area contributed by atoms with Crippen molar-refractivity contribution in [3.05, 3.63) is 17.5 Å². The SMILES string of the molecule is c1nc(N2CCNCC2)nc2c1CNCC2. The standard InChI is InChI=1S/C11H17N5/c1-2-13-7-9-8-14-11(15-10(1)9)16-5-3-12-4-6-16/h8,12-13H,1-7H2. The van der Waals surface area contributed by atoms with Crippen LogP contribution in [0.5, 0.6) is 0 Å². The first kappa shape index (κ1) is 9.99. The largest absolute Gasteiger partial charge is 0.338 e. The van der Waals surface area contributed by atoms with Crippen LogP contribution >= 0.6 is 0 Å². The van der Waals surface area contributed by atoms with E-state index in [-0.39, 0.29) is 0 Å². The molecule has 5 heteroatoms. The number of aromatic nitrogens is 2. The van der Waals surface area contributed by atoms with Gasteiger partial charge in [0, 0.05) is 57.4 Å². The van der Waals surface area contributed by atoms with Crippen LogP contribution in [0.2, 0.25) is 0 Å². The second kappa shape index (κ2) is 4.35. The minimum atomic E-state index is 0.905. The number of hydrogen-bond acceptors (Lipinski definition) is 5. The molecular formula is C11H17N5. The van der Waals surface area contributed by atoms with E-state index < -0.39 is 0 Å². The van der Waals surface area contributed by atoms with Crippen LogP contribution in [0.25, 0.3) is 0 Å². The molecule has 86 valence electrons. The zero-order valence-corrected chi connectivity index (χ0v) is 9.37. The van der Waals surface area contributed by atoms with Crippen LogP contribution < -0.4 is 15.5 Å². The molecule has 0 unspecified atom stereocenters. The Morgan fingerprint density at radius 1 is 1.12 bits per heavy atom. The summed E-state index contributed by atoms with van der Waals surface area (Å²) < 4.78 is 0. The van der Waals surface area contributed by atoms with Crippen LogP contribution in [0.3, 0.4) is 0 Å². The normalized spacial score (nSPS) is 20.6. The van der Waals surface area contributed by atoms with Gasteiger partial charge in [-0.25, -0.2) is 9.97 Å². The fraction of sp³-hybridized carbons (Fsp3) is 0.636. The topological polar surface area (TPSA) is 53.1 Å². The van der Waals surface area contributed by atoms with E-state index in [1.807, 2.05) is 6.20 Å². The van der Waals surface area contributed by atoms with Gasteiger partial charge in [-0.1, -0.05) is 0 Å². The second-order valence-electron chi connectivity index (χ2n) is 4.31. The Kier molecular flexibility index (Phi) is 2.71. The lowest BCUT2D eigenvalue weighted by Gasteiger charge is -2.28. The van der Waals surface area contributed by atoms with Crippen molar-refractivity contribution in [3.63, 3.8) is 0 Å². The van der Waals surface area contributed by atoms with E-state index in [0.717, 1.165) is 51.6 Å². The average Bonchev–Trinajstić information content (AvgIpc) is 2.39. The third-order valence-corrected chi connectivity index (χ3v) is 3.20. The highest BCUT2D eigenvalue weighted by atomic mass is 15.3. The Labute approximate surface area is 95.3 Å². The van der Waals surface area contributed by atoms with Gasteiger partial charge in [-0.2, -0.15) is 0 Å². The summed E-state index contributed by atoms with van der Waals surface area (Å²) in [5.41, 5.74) is 2.48. The van der Waals surface area contributed by atoms with Gasteiger partial charge >= 0.3 is 0 Å². The first-order valence-electron chi connectivity index (χ1n) is 5.95. The van der Waals surface area contributed by atoms with Crippen molar-refractivity contribution in [1.82, 2.24) is 20.6 Å². The molecule has 3 heterocycles. The highest BCUT2D eigenvalue weighted by Crippen LogP contribution is 2.15. The minimum absolute atomic E-state index is 0.905. The van der Waals surface area contributed by atoms with Crippen molar-refractivity contribution in [3.8, 4) is 0 Å². The van der Waals surface area contributed by atoms with Crippen LogP contribution in [-0.4, -0.2) is 42.7 Å². The van der Waals surface area contributed by atoms with Crippen LogP contribution in [0.4, 0.5) is 5.95 Å². The summed E-state index contributed by atoms with van der Waals surface area (Å²) >= 11 is 0. The van der Waals surface area contributed by atoms with Gasteiger partial charge in [0.1, 0.15) is 0 Å². The van der Waals surface area contributed by atoms with Gasteiger partial charge < -0.3 is 15.5 Å². The Balaban J connectivity index is 1.84. The van der Waals surface area contributed by atoms with E-state index in [9.17, 15) is 0 Å². The summed E-state index contributed by atoms with van der Waals surface area (Å²) in [5.74, 6) is 0.905. The molecule has 2 N–H and O–H groups in total. The molecule has 2 aliphatic rings. The number of piperazine rings is 1. The summed E-state index contributed by atoms with van der Waals surface area (Å²) in [7, 11) is 0. The van der Waals surface area contributed by atoms with Gasteiger partial charge in [-0.3, -0.25) is 0 Å². The molecule has 0 aliphatic carbocycles. The molecule has 2 aliphatic heterocycles. The predicted octanol–water partition coefficient (Wildman–Crippen LogP) is -0.468.